The summed E-state index contributed by atoms with van der Waals surface area (Å²) < 4.78 is 1.92. The quantitative estimate of drug-likeness (QED) is 0.529. The van der Waals surface area contributed by atoms with Crippen LogP contribution in [0.2, 0.25) is 0 Å². The second kappa shape index (κ2) is 6.18. The van der Waals surface area contributed by atoms with Crippen LogP contribution >= 0.6 is 11.3 Å². The fourth-order valence-corrected chi connectivity index (χ4v) is 3.27. The monoisotopic (exact) mass is 349 g/mol. The Morgan fingerprint density at radius 1 is 1.24 bits per heavy atom. The van der Waals surface area contributed by atoms with E-state index in [4.69, 9.17) is 4.98 Å². The summed E-state index contributed by atoms with van der Waals surface area (Å²) in [5.41, 5.74) is 3.78. The molecule has 4 aromatic rings. The van der Waals surface area contributed by atoms with Gasteiger partial charge in [0.1, 0.15) is 5.69 Å². The van der Waals surface area contributed by atoms with E-state index in [9.17, 15) is 4.79 Å². The average Bonchev–Trinajstić information content (AvgIpc) is 3.22. The van der Waals surface area contributed by atoms with Gasteiger partial charge in [0.15, 0.2) is 5.78 Å². The minimum atomic E-state index is -0.0287. The van der Waals surface area contributed by atoms with Gasteiger partial charge in [-0.2, -0.15) is 0 Å². The van der Waals surface area contributed by atoms with Gasteiger partial charge in [-0.05, 0) is 25.1 Å². The zero-order chi connectivity index (χ0) is 17.4. The summed E-state index contributed by atoms with van der Waals surface area (Å²) in [6.45, 7) is 1.89. The molecule has 0 radical (unpaired) electrons. The van der Waals surface area contributed by atoms with Crippen LogP contribution in [0.1, 0.15) is 21.2 Å². The maximum absolute atomic E-state index is 12.3. The summed E-state index contributed by atoms with van der Waals surface area (Å²) in [5, 5.41) is 3.61. The fraction of sp³-hybridized carbons (Fsp3) is 0.167. The number of aryl methyl sites for hydroxylation is 2. The van der Waals surface area contributed by atoms with Crippen LogP contribution in [0.5, 0.6) is 0 Å². The van der Waals surface area contributed by atoms with E-state index in [2.05, 4.69) is 15.0 Å². The lowest BCUT2D eigenvalue weighted by Gasteiger charge is -2.05. The van der Waals surface area contributed by atoms with Gasteiger partial charge in [0, 0.05) is 24.0 Å². The van der Waals surface area contributed by atoms with Crippen molar-refractivity contribution in [2.45, 2.75) is 13.3 Å². The van der Waals surface area contributed by atoms with Crippen molar-refractivity contribution < 1.29 is 4.79 Å². The average molecular weight is 349 g/mol. The van der Waals surface area contributed by atoms with E-state index in [0.29, 0.717) is 11.4 Å². The molecule has 0 aliphatic carbocycles. The molecule has 124 valence electrons. The largest absolute Gasteiger partial charge is 0.332 e. The topological polar surface area (TPSA) is 73.6 Å². The molecule has 0 saturated heterocycles. The molecule has 0 atom stereocenters. The van der Waals surface area contributed by atoms with Crippen molar-refractivity contribution in [2.75, 3.05) is 0 Å². The Morgan fingerprint density at radius 3 is 2.84 bits per heavy atom. The fourth-order valence-electron chi connectivity index (χ4n) is 2.65. The third-order valence-corrected chi connectivity index (χ3v) is 4.73. The molecule has 6 nitrogen and oxygen atoms in total. The van der Waals surface area contributed by atoms with Crippen LogP contribution < -0.4 is 0 Å². The molecule has 0 bridgehead atoms. The Bertz CT molecular complexity index is 1080. The highest BCUT2D eigenvalue weighted by molar-refractivity contribution is 7.09. The minimum absolute atomic E-state index is 0.0287. The summed E-state index contributed by atoms with van der Waals surface area (Å²) in [4.78, 5) is 29.8. The molecule has 0 amide bonds. The summed E-state index contributed by atoms with van der Waals surface area (Å²) in [6, 6.07) is 5.79. The van der Waals surface area contributed by atoms with Gasteiger partial charge in [-0.25, -0.2) is 15.0 Å². The third kappa shape index (κ3) is 3.06. The SMILES string of the molecule is Cc1nc(C(=O)Cc2cc3nc(-c4cncn4C)ccc3cn2)cs1. The van der Waals surface area contributed by atoms with Gasteiger partial charge in [-0.3, -0.25) is 9.78 Å². The van der Waals surface area contributed by atoms with Gasteiger partial charge in [-0.15, -0.1) is 11.3 Å². The smallest absolute Gasteiger partial charge is 0.187 e. The number of fused-ring (bicyclic) bond motifs is 1. The van der Waals surface area contributed by atoms with E-state index >= 15 is 0 Å². The summed E-state index contributed by atoms with van der Waals surface area (Å²) in [6.07, 6.45) is 5.50. The summed E-state index contributed by atoms with van der Waals surface area (Å²) >= 11 is 1.47. The highest BCUT2D eigenvalue weighted by atomic mass is 32.1. The molecule has 0 aromatic carbocycles. The number of aromatic nitrogens is 5. The maximum Gasteiger partial charge on any atom is 0.187 e. The number of pyridine rings is 2. The van der Waals surface area contributed by atoms with Crippen LogP contribution in [-0.4, -0.2) is 30.3 Å². The molecular formula is C18H15N5OS. The first-order chi connectivity index (χ1) is 12.1. The van der Waals surface area contributed by atoms with Crippen LogP contribution in [0.3, 0.4) is 0 Å². The first-order valence-electron chi connectivity index (χ1n) is 7.78. The molecule has 0 aliphatic heterocycles. The van der Waals surface area contributed by atoms with E-state index in [-0.39, 0.29) is 12.2 Å². The molecule has 0 spiro atoms. The number of imidazole rings is 1. The van der Waals surface area contributed by atoms with Gasteiger partial charge in [0.25, 0.3) is 0 Å². The van der Waals surface area contributed by atoms with Crippen molar-refractivity contribution in [3.8, 4) is 11.4 Å². The van der Waals surface area contributed by atoms with Gasteiger partial charge in [-0.1, -0.05) is 0 Å². The number of rotatable bonds is 4. The molecule has 0 fully saturated rings. The Labute approximate surface area is 148 Å². The number of hydrogen-bond donors (Lipinski definition) is 0. The lowest BCUT2D eigenvalue weighted by Crippen LogP contribution is -2.05. The molecule has 4 heterocycles. The molecule has 0 unspecified atom stereocenters. The number of carbonyl (C=O) groups excluding carboxylic acids is 1. The lowest BCUT2D eigenvalue weighted by molar-refractivity contribution is 0.0988. The van der Waals surface area contributed by atoms with E-state index in [1.807, 2.05) is 36.7 Å². The zero-order valence-electron chi connectivity index (χ0n) is 13.8. The van der Waals surface area contributed by atoms with E-state index in [1.165, 1.54) is 11.3 Å². The van der Waals surface area contributed by atoms with E-state index in [0.717, 1.165) is 27.3 Å². The van der Waals surface area contributed by atoms with Crippen molar-refractivity contribution in [3.05, 3.63) is 58.7 Å². The predicted molar refractivity (Wildman–Crippen MR) is 96.6 cm³/mol. The van der Waals surface area contributed by atoms with Gasteiger partial charge < -0.3 is 4.57 Å². The van der Waals surface area contributed by atoms with Crippen LogP contribution in [0.4, 0.5) is 0 Å². The van der Waals surface area contributed by atoms with Crippen molar-refractivity contribution in [2.24, 2.45) is 7.05 Å². The number of carbonyl (C=O) groups is 1. The predicted octanol–water partition coefficient (Wildman–Crippen LogP) is 3.22. The normalized spacial score (nSPS) is 11.1. The lowest BCUT2D eigenvalue weighted by atomic mass is 10.1. The molecule has 4 rings (SSSR count). The van der Waals surface area contributed by atoms with Crippen LogP contribution in [-0.2, 0) is 13.5 Å². The van der Waals surface area contributed by atoms with Gasteiger partial charge in [0.2, 0.25) is 0 Å². The van der Waals surface area contributed by atoms with Gasteiger partial charge in [0.05, 0.1) is 46.6 Å². The van der Waals surface area contributed by atoms with E-state index in [1.54, 1.807) is 24.1 Å². The molecule has 0 N–H and O–H groups in total. The third-order valence-electron chi connectivity index (χ3n) is 3.96. The first-order valence-corrected chi connectivity index (χ1v) is 8.66. The van der Waals surface area contributed by atoms with Crippen molar-refractivity contribution >= 4 is 28.0 Å². The number of hydrogen-bond acceptors (Lipinski definition) is 6. The van der Waals surface area contributed by atoms with Crippen LogP contribution in [0.15, 0.2) is 42.3 Å². The van der Waals surface area contributed by atoms with Crippen LogP contribution in [0.25, 0.3) is 22.3 Å². The molecular weight excluding hydrogens is 334 g/mol. The van der Waals surface area contributed by atoms with Crippen LogP contribution in [0, 0.1) is 6.92 Å². The van der Waals surface area contributed by atoms with Crippen molar-refractivity contribution in [1.29, 1.82) is 0 Å². The standard InChI is InChI=1S/C18H15N5OS/c1-11-21-16(9-25-11)18(24)6-13-5-15-12(7-20-13)3-4-14(22-15)17-8-19-10-23(17)2/h3-5,7-10H,6H2,1-2H3. The number of nitrogens with zero attached hydrogens (tertiary/aromatic N) is 5. The second-order valence-electron chi connectivity index (χ2n) is 5.81. The highest BCUT2D eigenvalue weighted by Gasteiger charge is 2.12. The van der Waals surface area contributed by atoms with Gasteiger partial charge >= 0.3 is 0 Å². The Balaban J connectivity index is 1.67. The highest BCUT2D eigenvalue weighted by Crippen LogP contribution is 2.21. The Hall–Kier alpha value is -2.93. The maximum atomic E-state index is 12.3. The number of ketones is 1. The number of Topliss-reactive ketones (excluding diaryl/α,β-unsaturated/α-hetero) is 1. The molecule has 7 heteroatoms. The second-order valence-corrected chi connectivity index (χ2v) is 6.87. The molecule has 4 aromatic heterocycles. The molecule has 0 saturated carbocycles. The van der Waals surface area contributed by atoms with E-state index < -0.39 is 0 Å². The minimum Gasteiger partial charge on any atom is -0.332 e. The van der Waals surface area contributed by atoms with Crippen molar-refractivity contribution in [1.82, 2.24) is 24.5 Å². The molecule has 0 aliphatic rings. The first kappa shape index (κ1) is 15.6. The molecule has 25 heavy (non-hydrogen) atoms. The zero-order valence-corrected chi connectivity index (χ0v) is 14.6. The Kier molecular flexibility index (Phi) is 3.85. The number of thiazole rings is 1. The summed E-state index contributed by atoms with van der Waals surface area (Å²) in [5.74, 6) is -0.0287. The Morgan fingerprint density at radius 2 is 2.12 bits per heavy atom. The van der Waals surface area contributed by atoms with Crippen molar-refractivity contribution in [3.63, 3.8) is 0 Å². The summed E-state index contributed by atoms with van der Waals surface area (Å²) in [7, 11) is 1.93.